The van der Waals surface area contributed by atoms with E-state index in [9.17, 15) is 22.8 Å². The molecule has 28 heavy (non-hydrogen) atoms. The van der Waals surface area contributed by atoms with Gasteiger partial charge in [-0.2, -0.15) is 0 Å². The van der Waals surface area contributed by atoms with Crippen LogP contribution >= 0.6 is 0 Å². The number of hydrogen-bond acceptors (Lipinski definition) is 2. The van der Waals surface area contributed by atoms with E-state index in [4.69, 9.17) is 0 Å². The Labute approximate surface area is 161 Å². The van der Waals surface area contributed by atoms with Crippen molar-refractivity contribution in [3.8, 4) is 0 Å². The molecule has 0 saturated carbocycles. The molecular formula is C21H21F3N2O2. The van der Waals surface area contributed by atoms with Crippen molar-refractivity contribution >= 4 is 17.5 Å². The molecule has 1 saturated heterocycles. The van der Waals surface area contributed by atoms with Crippen molar-refractivity contribution in [3.63, 3.8) is 0 Å². The summed E-state index contributed by atoms with van der Waals surface area (Å²) in [7, 11) is 0. The number of piperidine rings is 1. The fourth-order valence-electron chi connectivity index (χ4n) is 3.47. The minimum atomic E-state index is -1.66. The number of halogens is 3. The predicted octanol–water partition coefficient (Wildman–Crippen LogP) is 4.76. The van der Waals surface area contributed by atoms with Gasteiger partial charge in [0.15, 0.2) is 17.5 Å². The van der Waals surface area contributed by atoms with Gasteiger partial charge in [0.1, 0.15) is 0 Å². The third-order valence-electron chi connectivity index (χ3n) is 5.01. The van der Waals surface area contributed by atoms with Gasteiger partial charge in [-0.15, -0.1) is 0 Å². The highest BCUT2D eigenvalue weighted by Crippen LogP contribution is 2.23. The van der Waals surface area contributed by atoms with Crippen molar-refractivity contribution in [2.24, 2.45) is 0 Å². The van der Waals surface area contributed by atoms with Crippen LogP contribution in [0.2, 0.25) is 0 Å². The van der Waals surface area contributed by atoms with Crippen molar-refractivity contribution in [2.75, 3.05) is 11.9 Å². The molecule has 1 N–H and O–H groups in total. The largest absolute Gasteiger partial charge is 0.336 e. The molecule has 2 aromatic rings. The first-order chi connectivity index (χ1) is 13.4. The van der Waals surface area contributed by atoms with Crippen LogP contribution in [0.5, 0.6) is 0 Å². The predicted molar refractivity (Wildman–Crippen MR) is 99.7 cm³/mol. The third kappa shape index (κ3) is 4.03. The summed E-state index contributed by atoms with van der Waals surface area (Å²) in [5.74, 6) is -5.34. The zero-order valence-electron chi connectivity index (χ0n) is 15.5. The Morgan fingerprint density at radius 3 is 2.57 bits per heavy atom. The molecule has 1 fully saturated rings. The summed E-state index contributed by atoms with van der Waals surface area (Å²) in [6, 6.07) is 7.94. The van der Waals surface area contributed by atoms with E-state index in [0.717, 1.165) is 37.8 Å². The number of likely N-dealkylation sites (tertiary alicyclic amines) is 1. The van der Waals surface area contributed by atoms with Crippen LogP contribution < -0.4 is 5.32 Å². The van der Waals surface area contributed by atoms with E-state index < -0.39 is 29.0 Å². The minimum Gasteiger partial charge on any atom is -0.336 e. The molecule has 2 amide bonds. The SMILES string of the molecule is CCC1CCCCN1C(=O)c1cccc(C(=O)Nc2ccc(F)c(F)c2F)c1. The van der Waals surface area contributed by atoms with E-state index in [-0.39, 0.29) is 17.5 Å². The number of anilines is 1. The lowest BCUT2D eigenvalue weighted by Crippen LogP contribution is -2.43. The second-order valence-electron chi connectivity index (χ2n) is 6.81. The molecule has 3 rings (SSSR count). The van der Waals surface area contributed by atoms with Crippen LogP contribution in [0, 0.1) is 17.5 Å². The second kappa shape index (κ2) is 8.46. The average Bonchev–Trinajstić information content (AvgIpc) is 2.73. The van der Waals surface area contributed by atoms with Crippen molar-refractivity contribution in [3.05, 3.63) is 65.0 Å². The topological polar surface area (TPSA) is 49.4 Å². The highest BCUT2D eigenvalue weighted by atomic mass is 19.2. The Bertz CT molecular complexity index is 901. The molecule has 0 bridgehead atoms. The van der Waals surface area contributed by atoms with Gasteiger partial charge >= 0.3 is 0 Å². The molecule has 0 aliphatic carbocycles. The van der Waals surface area contributed by atoms with Gasteiger partial charge in [-0.25, -0.2) is 13.2 Å². The summed E-state index contributed by atoms with van der Waals surface area (Å²) in [4.78, 5) is 27.1. The van der Waals surface area contributed by atoms with E-state index in [1.807, 2.05) is 11.8 Å². The molecule has 1 heterocycles. The van der Waals surface area contributed by atoms with Gasteiger partial charge in [0.05, 0.1) is 5.69 Å². The van der Waals surface area contributed by atoms with Crippen LogP contribution in [-0.2, 0) is 0 Å². The Morgan fingerprint density at radius 1 is 1.07 bits per heavy atom. The molecule has 1 unspecified atom stereocenters. The fraction of sp³-hybridized carbons (Fsp3) is 0.333. The van der Waals surface area contributed by atoms with Crippen molar-refractivity contribution in [1.29, 1.82) is 0 Å². The zero-order valence-corrected chi connectivity index (χ0v) is 15.5. The molecule has 2 aromatic carbocycles. The summed E-state index contributed by atoms with van der Waals surface area (Å²) in [6.07, 6.45) is 3.85. The summed E-state index contributed by atoms with van der Waals surface area (Å²) in [5.41, 5.74) is 0.0153. The van der Waals surface area contributed by atoms with Crippen molar-refractivity contribution in [1.82, 2.24) is 4.90 Å². The fourth-order valence-corrected chi connectivity index (χ4v) is 3.47. The zero-order chi connectivity index (χ0) is 20.3. The van der Waals surface area contributed by atoms with E-state index >= 15 is 0 Å². The Balaban J connectivity index is 1.80. The molecule has 0 radical (unpaired) electrons. The van der Waals surface area contributed by atoms with Gasteiger partial charge in [-0.3, -0.25) is 9.59 Å². The number of benzene rings is 2. The number of hydrogen-bond donors (Lipinski definition) is 1. The van der Waals surface area contributed by atoms with E-state index in [2.05, 4.69) is 5.32 Å². The monoisotopic (exact) mass is 390 g/mol. The quantitative estimate of drug-likeness (QED) is 0.765. The smallest absolute Gasteiger partial charge is 0.255 e. The molecule has 1 aliphatic heterocycles. The molecule has 148 valence electrons. The van der Waals surface area contributed by atoms with Crippen LogP contribution in [0.25, 0.3) is 0 Å². The van der Waals surface area contributed by atoms with Crippen LogP contribution in [0.1, 0.15) is 53.3 Å². The first-order valence-electron chi connectivity index (χ1n) is 9.28. The van der Waals surface area contributed by atoms with E-state index in [1.165, 1.54) is 12.1 Å². The maximum absolute atomic E-state index is 13.8. The molecule has 0 aromatic heterocycles. The van der Waals surface area contributed by atoms with E-state index in [1.54, 1.807) is 12.1 Å². The summed E-state index contributed by atoms with van der Waals surface area (Å²) in [6.45, 7) is 2.71. The number of rotatable bonds is 4. The van der Waals surface area contributed by atoms with Crippen LogP contribution in [-0.4, -0.2) is 29.3 Å². The highest BCUT2D eigenvalue weighted by Gasteiger charge is 2.26. The van der Waals surface area contributed by atoms with Gasteiger partial charge < -0.3 is 10.2 Å². The standard InChI is InChI=1S/C21H21F3N2O2/c1-2-15-8-3-4-11-26(15)21(28)14-7-5-6-13(12-14)20(27)25-17-10-9-16(22)18(23)19(17)24/h5-7,9-10,12,15H,2-4,8,11H2,1H3,(H,25,27). The lowest BCUT2D eigenvalue weighted by Gasteiger charge is -2.35. The summed E-state index contributed by atoms with van der Waals surface area (Å²) >= 11 is 0. The second-order valence-corrected chi connectivity index (χ2v) is 6.81. The Morgan fingerprint density at radius 2 is 1.82 bits per heavy atom. The van der Waals surface area contributed by atoms with Gasteiger partial charge in [0, 0.05) is 23.7 Å². The van der Waals surface area contributed by atoms with Crippen LogP contribution in [0.3, 0.4) is 0 Å². The molecule has 1 aliphatic rings. The lowest BCUT2D eigenvalue weighted by atomic mass is 9.98. The van der Waals surface area contributed by atoms with Gasteiger partial charge in [0.2, 0.25) is 0 Å². The lowest BCUT2D eigenvalue weighted by molar-refractivity contribution is 0.0608. The maximum atomic E-state index is 13.8. The van der Waals surface area contributed by atoms with Gasteiger partial charge in [-0.05, 0) is 56.0 Å². The number of carbonyl (C=O) groups is 2. The van der Waals surface area contributed by atoms with Gasteiger partial charge in [-0.1, -0.05) is 13.0 Å². The number of nitrogens with one attached hydrogen (secondary N) is 1. The molecular weight excluding hydrogens is 369 g/mol. The number of amides is 2. The number of carbonyl (C=O) groups excluding carboxylic acids is 2. The first kappa shape index (κ1) is 19.9. The minimum absolute atomic E-state index is 0.125. The normalized spacial score (nSPS) is 16.7. The Hall–Kier alpha value is -2.83. The van der Waals surface area contributed by atoms with Crippen LogP contribution in [0.4, 0.5) is 18.9 Å². The molecule has 1 atom stereocenters. The number of nitrogens with zero attached hydrogens (tertiary/aromatic N) is 1. The molecule has 0 spiro atoms. The Kier molecular flexibility index (Phi) is 6.02. The first-order valence-corrected chi connectivity index (χ1v) is 9.28. The third-order valence-corrected chi connectivity index (χ3v) is 5.01. The molecule has 4 nitrogen and oxygen atoms in total. The van der Waals surface area contributed by atoms with Crippen molar-refractivity contribution < 1.29 is 22.8 Å². The average molecular weight is 390 g/mol. The summed E-state index contributed by atoms with van der Waals surface area (Å²) < 4.78 is 40.1. The van der Waals surface area contributed by atoms with E-state index in [0.29, 0.717) is 12.1 Å². The van der Waals surface area contributed by atoms with Crippen LogP contribution in [0.15, 0.2) is 36.4 Å². The highest BCUT2D eigenvalue weighted by molar-refractivity contribution is 6.06. The molecule has 7 heteroatoms. The van der Waals surface area contributed by atoms with Gasteiger partial charge in [0.25, 0.3) is 11.8 Å². The summed E-state index contributed by atoms with van der Waals surface area (Å²) in [5, 5.41) is 2.21. The maximum Gasteiger partial charge on any atom is 0.255 e. The van der Waals surface area contributed by atoms with Crippen molar-refractivity contribution in [2.45, 2.75) is 38.6 Å².